The maximum atomic E-state index is 13.0. The fourth-order valence-corrected chi connectivity index (χ4v) is 5.07. The van der Waals surface area contributed by atoms with Gasteiger partial charge in [0.2, 0.25) is 5.91 Å². The Labute approximate surface area is 203 Å². The van der Waals surface area contributed by atoms with Gasteiger partial charge < -0.3 is 14.2 Å². The van der Waals surface area contributed by atoms with Crippen LogP contribution in [0.4, 0.5) is 5.69 Å². The van der Waals surface area contributed by atoms with Crippen LogP contribution in [0.5, 0.6) is 5.75 Å². The van der Waals surface area contributed by atoms with Gasteiger partial charge in [-0.05, 0) is 36.6 Å². The SMILES string of the molecule is CCCCn1c(COc2cccc3cccnc23)nnc1SCC(=O)N1CCc2ccccc21. The smallest absolute Gasteiger partial charge is 0.237 e. The molecule has 0 unspecified atom stereocenters. The molecule has 0 saturated heterocycles. The molecule has 0 atom stereocenters. The van der Waals surface area contributed by atoms with Gasteiger partial charge in [0, 0.05) is 30.4 Å². The largest absolute Gasteiger partial charge is 0.483 e. The maximum Gasteiger partial charge on any atom is 0.237 e. The lowest BCUT2D eigenvalue weighted by Gasteiger charge is -2.17. The number of nitrogens with zero attached hydrogens (tertiary/aromatic N) is 5. The molecule has 0 fully saturated rings. The Bertz CT molecular complexity index is 1300. The Morgan fingerprint density at radius 3 is 2.88 bits per heavy atom. The van der Waals surface area contributed by atoms with Crippen LogP contribution in [0.15, 0.2) is 66.0 Å². The zero-order valence-electron chi connectivity index (χ0n) is 19.2. The van der Waals surface area contributed by atoms with Gasteiger partial charge in [0.1, 0.15) is 17.9 Å². The number of carbonyl (C=O) groups is 1. The number of rotatable bonds is 9. The number of aromatic nitrogens is 4. The van der Waals surface area contributed by atoms with Crippen LogP contribution in [0.25, 0.3) is 10.9 Å². The number of anilines is 1. The molecular weight excluding hydrogens is 446 g/mol. The molecular formula is C26H27N5O2S. The summed E-state index contributed by atoms with van der Waals surface area (Å²) in [5.74, 6) is 1.90. The zero-order valence-corrected chi connectivity index (χ0v) is 20.0. The number of hydrogen-bond acceptors (Lipinski definition) is 6. The number of amides is 1. The van der Waals surface area contributed by atoms with Gasteiger partial charge in [0.05, 0.1) is 5.75 Å². The van der Waals surface area contributed by atoms with E-state index in [1.165, 1.54) is 17.3 Å². The van der Waals surface area contributed by atoms with Crippen molar-refractivity contribution in [2.45, 2.75) is 44.5 Å². The molecule has 174 valence electrons. The topological polar surface area (TPSA) is 73.1 Å². The molecule has 8 heteroatoms. The Morgan fingerprint density at radius 1 is 1.09 bits per heavy atom. The maximum absolute atomic E-state index is 13.0. The van der Waals surface area contributed by atoms with Crippen molar-refractivity contribution < 1.29 is 9.53 Å². The minimum atomic E-state index is 0.0969. The minimum Gasteiger partial charge on any atom is -0.483 e. The van der Waals surface area contributed by atoms with Gasteiger partial charge in [0.25, 0.3) is 0 Å². The number of carbonyl (C=O) groups excluding carboxylic acids is 1. The van der Waals surface area contributed by atoms with Gasteiger partial charge in [-0.25, -0.2) is 0 Å². The molecule has 7 nitrogen and oxygen atoms in total. The third-order valence-electron chi connectivity index (χ3n) is 5.99. The average molecular weight is 474 g/mol. The summed E-state index contributed by atoms with van der Waals surface area (Å²) >= 11 is 1.44. The number of ether oxygens (including phenoxy) is 1. The van der Waals surface area contributed by atoms with Crippen molar-refractivity contribution in [2.24, 2.45) is 0 Å². The summed E-state index contributed by atoms with van der Waals surface area (Å²) in [4.78, 5) is 19.3. The lowest BCUT2D eigenvalue weighted by molar-refractivity contribution is -0.116. The predicted octanol–water partition coefficient (Wildman–Crippen LogP) is 4.89. The van der Waals surface area contributed by atoms with E-state index in [0.29, 0.717) is 12.4 Å². The molecule has 4 aromatic rings. The van der Waals surface area contributed by atoms with E-state index in [1.54, 1.807) is 6.20 Å². The second kappa shape index (κ2) is 10.3. The summed E-state index contributed by atoms with van der Waals surface area (Å²) in [6.07, 6.45) is 4.73. The minimum absolute atomic E-state index is 0.0969. The van der Waals surface area contributed by atoms with E-state index in [9.17, 15) is 4.79 Å². The molecule has 2 aromatic carbocycles. The van der Waals surface area contributed by atoms with Crippen molar-refractivity contribution in [3.05, 3.63) is 72.2 Å². The molecule has 2 aromatic heterocycles. The van der Waals surface area contributed by atoms with Crippen molar-refractivity contribution in [1.29, 1.82) is 0 Å². The predicted molar refractivity (Wildman–Crippen MR) is 134 cm³/mol. The van der Waals surface area contributed by atoms with Crippen LogP contribution in [0, 0.1) is 0 Å². The van der Waals surface area contributed by atoms with Crippen molar-refractivity contribution in [1.82, 2.24) is 19.7 Å². The molecule has 5 rings (SSSR count). The fraction of sp³-hybridized carbons (Fsp3) is 0.308. The summed E-state index contributed by atoms with van der Waals surface area (Å²) in [6.45, 7) is 3.97. The van der Waals surface area contributed by atoms with E-state index >= 15 is 0 Å². The molecule has 0 bridgehead atoms. The Morgan fingerprint density at radius 2 is 1.97 bits per heavy atom. The van der Waals surface area contributed by atoms with Gasteiger partial charge in [-0.1, -0.05) is 61.5 Å². The van der Waals surface area contributed by atoms with E-state index in [2.05, 4.69) is 32.7 Å². The second-order valence-electron chi connectivity index (χ2n) is 8.24. The first-order valence-electron chi connectivity index (χ1n) is 11.6. The first-order valence-corrected chi connectivity index (χ1v) is 12.6. The number of fused-ring (bicyclic) bond motifs is 2. The Balaban J connectivity index is 1.29. The quantitative estimate of drug-likeness (QED) is 0.322. The van der Waals surface area contributed by atoms with Crippen molar-refractivity contribution in [3.63, 3.8) is 0 Å². The number of benzene rings is 2. The molecule has 1 aliphatic rings. The summed E-state index contributed by atoms with van der Waals surface area (Å²) in [7, 11) is 0. The van der Waals surface area contributed by atoms with Gasteiger partial charge >= 0.3 is 0 Å². The van der Waals surface area contributed by atoms with Gasteiger partial charge in [-0.3, -0.25) is 9.78 Å². The zero-order chi connectivity index (χ0) is 23.3. The van der Waals surface area contributed by atoms with Gasteiger partial charge in [-0.15, -0.1) is 10.2 Å². The lowest BCUT2D eigenvalue weighted by atomic mass is 10.2. The molecule has 0 aliphatic carbocycles. The highest BCUT2D eigenvalue weighted by Crippen LogP contribution is 2.29. The van der Waals surface area contributed by atoms with Crippen LogP contribution in [-0.4, -0.2) is 38.0 Å². The molecule has 0 spiro atoms. The molecule has 1 aliphatic heterocycles. The third kappa shape index (κ3) is 4.63. The van der Waals surface area contributed by atoms with Crippen LogP contribution >= 0.6 is 11.8 Å². The van der Waals surface area contributed by atoms with Crippen LogP contribution in [0.2, 0.25) is 0 Å². The van der Waals surface area contributed by atoms with Gasteiger partial charge in [0.15, 0.2) is 11.0 Å². The summed E-state index contributed by atoms with van der Waals surface area (Å²) in [6, 6.07) is 18.0. The number of unbranched alkanes of at least 4 members (excludes halogenated alkanes) is 1. The van der Waals surface area contributed by atoms with Crippen LogP contribution in [-0.2, 0) is 24.4 Å². The molecule has 34 heavy (non-hydrogen) atoms. The Kier molecular flexibility index (Phi) is 6.76. The average Bonchev–Trinajstić information content (AvgIpc) is 3.48. The molecule has 0 N–H and O–H groups in total. The second-order valence-corrected chi connectivity index (χ2v) is 9.18. The fourth-order valence-electron chi connectivity index (χ4n) is 4.21. The molecule has 1 amide bonds. The van der Waals surface area contributed by atoms with Crippen LogP contribution < -0.4 is 9.64 Å². The number of thioether (sulfide) groups is 1. The highest BCUT2D eigenvalue weighted by Gasteiger charge is 2.25. The number of hydrogen-bond donors (Lipinski definition) is 0. The lowest BCUT2D eigenvalue weighted by Crippen LogP contribution is -2.30. The van der Waals surface area contributed by atoms with Crippen molar-refractivity contribution in [3.8, 4) is 5.75 Å². The Hall–Kier alpha value is -3.39. The van der Waals surface area contributed by atoms with E-state index < -0.39 is 0 Å². The summed E-state index contributed by atoms with van der Waals surface area (Å²) in [5, 5.41) is 10.6. The highest BCUT2D eigenvalue weighted by molar-refractivity contribution is 7.99. The van der Waals surface area contributed by atoms with Crippen molar-refractivity contribution in [2.75, 3.05) is 17.2 Å². The monoisotopic (exact) mass is 473 g/mol. The number of pyridine rings is 1. The normalized spacial score (nSPS) is 12.8. The summed E-state index contributed by atoms with van der Waals surface area (Å²) in [5.41, 5.74) is 3.09. The van der Waals surface area contributed by atoms with Crippen LogP contribution in [0.3, 0.4) is 0 Å². The summed E-state index contributed by atoms with van der Waals surface area (Å²) < 4.78 is 8.20. The van der Waals surface area contributed by atoms with E-state index in [4.69, 9.17) is 4.74 Å². The number of para-hydroxylation sites is 2. The van der Waals surface area contributed by atoms with Crippen molar-refractivity contribution >= 4 is 34.3 Å². The highest BCUT2D eigenvalue weighted by atomic mass is 32.2. The first-order chi connectivity index (χ1) is 16.7. The standard InChI is InChI=1S/C26H27N5O2S/c1-2-3-15-31-23(17-33-22-12-6-9-20-10-7-14-27-25(20)22)28-29-26(31)34-18-24(32)30-16-13-19-8-4-5-11-21(19)30/h4-12,14H,2-3,13,15-18H2,1H3. The molecule has 3 heterocycles. The van der Waals surface area contributed by atoms with Crippen LogP contribution in [0.1, 0.15) is 31.2 Å². The third-order valence-corrected chi connectivity index (χ3v) is 6.95. The van der Waals surface area contributed by atoms with Gasteiger partial charge in [-0.2, -0.15) is 0 Å². The van der Waals surface area contributed by atoms with E-state index in [-0.39, 0.29) is 5.91 Å². The van der Waals surface area contributed by atoms with E-state index in [1.807, 2.05) is 53.4 Å². The molecule has 0 saturated carbocycles. The van der Waals surface area contributed by atoms with E-state index in [0.717, 1.165) is 65.7 Å². The first kappa shape index (κ1) is 22.4. The molecule has 0 radical (unpaired) electrons.